The number of ether oxygens (including phenoxy) is 2. The smallest absolute Gasteiger partial charge is 0.421 e. The molecule has 0 saturated carbocycles. The molecule has 1 aromatic carbocycles. The number of nitrogens with zero attached hydrogens (tertiary/aromatic N) is 4. The number of nitrogens with one attached hydrogen (secondary N) is 3. The number of aryl methyl sites for hydroxylation is 1. The van der Waals surface area contributed by atoms with Gasteiger partial charge in [0.2, 0.25) is 5.95 Å². The van der Waals surface area contributed by atoms with Crippen molar-refractivity contribution < 1.29 is 41.9 Å². The molecule has 0 radical (unpaired) electrons. The maximum atomic E-state index is 14.0. The molecule has 4 N–H and O–H groups in total. The third-order valence-electron chi connectivity index (χ3n) is 6.59. The summed E-state index contributed by atoms with van der Waals surface area (Å²) in [6, 6.07) is 9.19. The number of carbonyl (C=O) groups is 2. The average molecular weight is 660 g/mol. The number of hydrogen-bond donors (Lipinski definition) is 4. The number of rotatable bonds is 13. The summed E-state index contributed by atoms with van der Waals surface area (Å²) in [5, 5.41) is 17.1. The molecule has 4 aromatic rings. The van der Waals surface area contributed by atoms with E-state index in [0.717, 1.165) is 0 Å². The highest BCUT2D eigenvalue weighted by Gasteiger charge is 2.36. The van der Waals surface area contributed by atoms with E-state index >= 15 is 0 Å². The molecule has 0 aliphatic rings. The third-order valence-corrected chi connectivity index (χ3v) is 7.08. The number of alkyl halides is 3. The van der Waals surface area contributed by atoms with E-state index in [0.29, 0.717) is 41.7 Å². The van der Waals surface area contributed by atoms with Crippen LogP contribution in [0.2, 0.25) is 0 Å². The van der Waals surface area contributed by atoms with Gasteiger partial charge in [-0.05, 0) is 42.3 Å². The van der Waals surface area contributed by atoms with Gasteiger partial charge in [-0.25, -0.2) is 14.8 Å². The van der Waals surface area contributed by atoms with Crippen molar-refractivity contribution in [1.29, 1.82) is 0 Å². The molecule has 13 nitrogen and oxygen atoms in total. The zero-order chi connectivity index (χ0) is 33.4. The quantitative estimate of drug-likeness (QED) is 0.110. The number of esters is 1. The Hall–Kier alpha value is -5.08. The summed E-state index contributed by atoms with van der Waals surface area (Å²) in [6.45, 7) is 0.179. The second-order valence-electron chi connectivity index (χ2n) is 9.57. The molecule has 0 unspecified atom stereocenters. The van der Waals surface area contributed by atoms with Crippen molar-refractivity contribution in [2.24, 2.45) is 0 Å². The normalized spacial score (nSPS) is 11.3. The molecule has 46 heavy (non-hydrogen) atoms. The Kier molecular flexibility index (Phi) is 10.9. The number of aliphatic hydroxyl groups is 1. The van der Waals surface area contributed by atoms with Gasteiger partial charge in [-0.2, -0.15) is 18.2 Å². The van der Waals surface area contributed by atoms with Gasteiger partial charge in [-0.15, -0.1) is 0 Å². The second kappa shape index (κ2) is 14.8. The van der Waals surface area contributed by atoms with Gasteiger partial charge in [0.15, 0.2) is 14.2 Å². The summed E-state index contributed by atoms with van der Waals surface area (Å²) in [4.78, 5) is 37.5. The molecule has 0 spiro atoms. The lowest BCUT2D eigenvalue weighted by Gasteiger charge is -2.17. The van der Waals surface area contributed by atoms with Crippen molar-refractivity contribution in [2.75, 3.05) is 38.5 Å². The highest BCUT2D eigenvalue weighted by molar-refractivity contribution is 7.22. The predicted molar refractivity (Wildman–Crippen MR) is 162 cm³/mol. The van der Waals surface area contributed by atoms with Crippen LogP contribution in [0.15, 0.2) is 48.8 Å². The van der Waals surface area contributed by atoms with E-state index in [-0.39, 0.29) is 49.9 Å². The fraction of sp³-hybridized carbons (Fsp3) is 0.276. The third kappa shape index (κ3) is 7.76. The van der Waals surface area contributed by atoms with Crippen LogP contribution >= 0.6 is 8.46 Å². The number of anilines is 4. The topological polar surface area (TPSA) is 170 Å². The summed E-state index contributed by atoms with van der Waals surface area (Å²) in [5.74, 6) is -1.89. The van der Waals surface area contributed by atoms with Gasteiger partial charge < -0.3 is 35.1 Å². The number of aromatic nitrogens is 4. The molecular weight excluding hydrogens is 630 g/mol. The lowest BCUT2D eigenvalue weighted by molar-refractivity contribution is -0.137. The van der Waals surface area contributed by atoms with Gasteiger partial charge in [-0.1, -0.05) is 6.07 Å². The second-order valence-corrected chi connectivity index (χ2v) is 10.1. The minimum Gasteiger partial charge on any atom is -0.495 e. The first-order valence-corrected chi connectivity index (χ1v) is 14.6. The maximum absolute atomic E-state index is 14.0. The Bertz CT molecular complexity index is 1750. The van der Waals surface area contributed by atoms with Gasteiger partial charge in [0.25, 0.3) is 5.91 Å². The number of benzene rings is 1. The van der Waals surface area contributed by atoms with Crippen molar-refractivity contribution in [3.05, 3.63) is 71.3 Å². The van der Waals surface area contributed by atoms with Crippen LogP contribution in [-0.4, -0.2) is 64.4 Å². The SMILES string of the molecule is CNC(=O)c1nc(-c2cc(C(=O)OC)n(CCCO)c2)ccc1Nc1nc(Nc2ccc(CP=O)cc2OC)ncc1C(F)(F)F. The number of pyridine rings is 1. The fourth-order valence-corrected chi connectivity index (χ4v) is 4.71. The minimum absolute atomic E-state index is 0.0927. The van der Waals surface area contributed by atoms with Crippen LogP contribution in [0.1, 0.15) is 38.5 Å². The lowest BCUT2D eigenvalue weighted by Crippen LogP contribution is -2.21. The van der Waals surface area contributed by atoms with Gasteiger partial charge in [0, 0.05) is 38.2 Å². The van der Waals surface area contributed by atoms with E-state index < -0.39 is 29.4 Å². The minimum atomic E-state index is -4.86. The summed E-state index contributed by atoms with van der Waals surface area (Å²) in [5.41, 5.74) is 0.349. The summed E-state index contributed by atoms with van der Waals surface area (Å²) in [6.07, 6.45) is -2.08. The number of halogens is 3. The first-order chi connectivity index (χ1) is 22.0. The molecule has 1 amide bonds. The van der Waals surface area contributed by atoms with Crippen LogP contribution in [-0.2, 0) is 28.2 Å². The molecule has 0 fully saturated rings. The number of carbonyl (C=O) groups excluding carboxylic acids is 2. The highest BCUT2D eigenvalue weighted by atomic mass is 31.1. The summed E-state index contributed by atoms with van der Waals surface area (Å²) >= 11 is 0. The molecule has 0 bridgehead atoms. The molecule has 0 saturated heterocycles. The van der Waals surface area contributed by atoms with Crippen molar-refractivity contribution in [3.8, 4) is 17.0 Å². The van der Waals surface area contributed by atoms with E-state index in [1.807, 2.05) is 0 Å². The molecule has 17 heteroatoms. The zero-order valence-corrected chi connectivity index (χ0v) is 25.7. The zero-order valence-electron chi connectivity index (χ0n) is 24.8. The van der Waals surface area contributed by atoms with Crippen LogP contribution in [0.4, 0.5) is 36.3 Å². The number of hydrogen-bond acceptors (Lipinski definition) is 11. The fourth-order valence-electron chi connectivity index (χ4n) is 4.37. The summed E-state index contributed by atoms with van der Waals surface area (Å²) in [7, 11) is 3.87. The molecule has 0 atom stereocenters. The van der Waals surface area contributed by atoms with E-state index in [1.165, 1.54) is 39.5 Å². The molecule has 0 aliphatic carbocycles. The van der Waals surface area contributed by atoms with E-state index in [1.54, 1.807) is 29.0 Å². The van der Waals surface area contributed by atoms with Gasteiger partial charge in [0.1, 0.15) is 22.8 Å². The van der Waals surface area contributed by atoms with Crippen LogP contribution < -0.4 is 20.7 Å². The molecular formula is C29H29F3N7O6P. The van der Waals surface area contributed by atoms with Crippen molar-refractivity contribution >= 4 is 43.5 Å². The number of methoxy groups -OCH3 is 2. The highest BCUT2D eigenvalue weighted by Crippen LogP contribution is 2.37. The summed E-state index contributed by atoms with van der Waals surface area (Å²) < 4.78 is 64.9. The maximum Gasteiger partial charge on any atom is 0.421 e. The van der Waals surface area contributed by atoms with Gasteiger partial charge in [-0.3, -0.25) is 9.36 Å². The molecule has 3 heterocycles. The van der Waals surface area contributed by atoms with E-state index in [2.05, 4.69) is 30.9 Å². The monoisotopic (exact) mass is 659 g/mol. The van der Waals surface area contributed by atoms with Crippen LogP contribution in [0.25, 0.3) is 11.3 Å². The van der Waals surface area contributed by atoms with E-state index in [9.17, 15) is 32.4 Å². The number of amides is 1. The van der Waals surface area contributed by atoms with Crippen LogP contribution in [0, 0.1) is 0 Å². The molecule has 0 aliphatic heterocycles. The molecule has 4 rings (SSSR count). The lowest BCUT2D eigenvalue weighted by atomic mass is 10.1. The Morgan fingerprint density at radius 1 is 1.07 bits per heavy atom. The Labute approximate surface area is 262 Å². The Morgan fingerprint density at radius 2 is 1.83 bits per heavy atom. The van der Waals surface area contributed by atoms with Crippen molar-refractivity contribution in [2.45, 2.75) is 25.3 Å². The largest absolute Gasteiger partial charge is 0.495 e. The standard InChI is InChI=1S/C29H29F3N7O6P/c1-33-26(41)24-21(8-7-19(35-24)17-12-22(27(42)45-3)39(14-17)9-4-10-40)36-25-18(29(30,31)32)13-34-28(38-25)37-20-6-5-16(15-46-43)11-23(20)44-2/h5-8,11-14,40H,4,9-10,15H2,1-3H3,(H,33,41)(H2,34,36,37,38). The van der Waals surface area contributed by atoms with Gasteiger partial charge >= 0.3 is 12.1 Å². The first-order valence-electron chi connectivity index (χ1n) is 13.6. The van der Waals surface area contributed by atoms with Crippen LogP contribution in [0.5, 0.6) is 5.75 Å². The molecule has 3 aromatic heterocycles. The van der Waals surface area contributed by atoms with Crippen LogP contribution in [0.3, 0.4) is 0 Å². The Balaban J connectivity index is 1.74. The van der Waals surface area contributed by atoms with E-state index in [4.69, 9.17) is 9.47 Å². The number of aliphatic hydroxyl groups excluding tert-OH is 1. The predicted octanol–water partition coefficient (Wildman–Crippen LogP) is 5.18. The van der Waals surface area contributed by atoms with Gasteiger partial charge in [0.05, 0.1) is 37.5 Å². The van der Waals surface area contributed by atoms with Crippen molar-refractivity contribution in [3.63, 3.8) is 0 Å². The molecule has 242 valence electrons. The average Bonchev–Trinajstić information content (AvgIpc) is 3.47. The first kappa shape index (κ1) is 33.8. The Morgan fingerprint density at radius 3 is 2.48 bits per heavy atom. The van der Waals surface area contributed by atoms with Crippen molar-refractivity contribution in [1.82, 2.24) is 24.8 Å².